The summed E-state index contributed by atoms with van der Waals surface area (Å²) < 4.78 is 5.14. The molecule has 0 aromatic heterocycles. The lowest BCUT2D eigenvalue weighted by Crippen LogP contribution is -2.31. The van der Waals surface area contributed by atoms with Crippen LogP contribution in [0.4, 0.5) is 5.69 Å². The van der Waals surface area contributed by atoms with Crippen molar-refractivity contribution in [1.29, 1.82) is 0 Å². The van der Waals surface area contributed by atoms with Gasteiger partial charge in [0.05, 0.1) is 5.56 Å². The number of nitrogens with two attached hydrogens (primary N) is 1. The molecule has 1 amide bonds. The van der Waals surface area contributed by atoms with Crippen LogP contribution in [0.5, 0.6) is 5.75 Å². The van der Waals surface area contributed by atoms with Crippen molar-refractivity contribution in [3.05, 3.63) is 58.1 Å². The molecule has 2 rings (SSSR count). The van der Waals surface area contributed by atoms with Crippen molar-refractivity contribution >= 4 is 53.2 Å². The van der Waals surface area contributed by atoms with Crippen molar-refractivity contribution in [3.8, 4) is 5.75 Å². The molecule has 0 saturated carbocycles. The normalized spacial score (nSPS) is 11.2. The van der Waals surface area contributed by atoms with Crippen molar-refractivity contribution in [2.24, 2.45) is 5.73 Å². The van der Waals surface area contributed by atoms with E-state index >= 15 is 0 Å². The standard InChI is InChI=1S/C16H14Cl2N2O3.ClH/c1-9(19)16(22)23-14-7-4-11(18)8-13(14)15(21)20-12-5-2-10(17)3-6-12;/h2-9H,19H2,1H3,(H,20,21);1H/t9-;/m1./s1. The first-order valence-corrected chi connectivity index (χ1v) is 7.46. The zero-order valence-corrected chi connectivity index (χ0v) is 14.9. The maximum absolute atomic E-state index is 12.4. The molecule has 0 fully saturated rings. The van der Waals surface area contributed by atoms with E-state index in [2.05, 4.69) is 5.32 Å². The van der Waals surface area contributed by atoms with Gasteiger partial charge in [-0.05, 0) is 49.4 Å². The quantitative estimate of drug-likeness (QED) is 0.613. The van der Waals surface area contributed by atoms with E-state index in [1.54, 1.807) is 24.3 Å². The van der Waals surface area contributed by atoms with Gasteiger partial charge in [-0.15, -0.1) is 12.4 Å². The van der Waals surface area contributed by atoms with Crippen LogP contribution < -0.4 is 15.8 Å². The second kappa shape index (κ2) is 8.89. The highest BCUT2D eigenvalue weighted by molar-refractivity contribution is 6.31. The summed E-state index contributed by atoms with van der Waals surface area (Å²) in [6.45, 7) is 1.49. The second-order valence-electron chi connectivity index (χ2n) is 4.81. The molecule has 0 unspecified atom stereocenters. The molecule has 24 heavy (non-hydrogen) atoms. The third-order valence-electron chi connectivity index (χ3n) is 2.87. The molecular weight excluding hydrogens is 375 g/mol. The summed E-state index contributed by atoms with van der Waals surface area (Å²) in [5.41, 5.74) is 6.14. The van der Waals surface area contributed by atoms with Gasteiger partial charge in [0.15, 0.2) is 0 Å². The Morgan fingerprint density at radius 3 is 2.25 bits per heavy atom. The number of esters is 1. The molecule has 8 heteroatoms. The number of hydrogen-bond acceptors (Lipinski definition) is 4. The SMILES string of the molecule is C[C@@H](N)C(=O)Oc1ccc(Cl)cc1C(=O)Nc1ccc(Cl)cc1.Cl. The fourth-order valence-electron chi connectivity index (χ4n) is 1.70. The summed E-state index contributed by atoms with van der Waals surface area (Å²) >= 11 is 11.7. The number of benzene rings is 2. The number of rotatable bonds is 4. The average Bonchev–Trinajstić information content (AvgIpc) is 2.51. The topological polar surface area (TPSA) is 81.4 Å². The van der Waals surface area contributed by atoms with Crippen LogP contribution in [-0.4, -0.2) is 17.9 Å². The third kappa shape index (κ3) is 5.39. The predicted octanol–water partition coefficient (Wildman–Crippen LogP) is 3.92. The van der Waals surface area contributed by atoms with E-state index in [4.69, 9.17) is 33.7 Å². The Balaban J connectivity index is 0.00000288. The van der Waals surface area contributed by atoms with Gasteiger partial charge in [0.25, 0.3) is 5.91 Å². The van der Waals surface area contributed by atoms with Crippen LogP contribution in [-0.2, 0) is 4.79 Å². The molecule has 0 bridgehead atoms. The third-order valence-corrected chi connectivity index (χ3v) is 3.36. The van der Waals surface area contributed by atoms with Gasteiger partial charge in [-0.25, -0.2) is 4.79 Å². The molecule has 2 aromatic rings. The van der Waals surface area contributed by atoms with Crippen LogP contribution >= 0.6 is 35.6 Å². The number of ether oxygens (including phenoxy) is 1. The first-order chi connectivity index (χ1) is 10.9. The van der Waals surface area contributed by atoms with E-state index in [1.165, 1.54) is 25.1 Å². The Kier molecular flexibility index (Phi) is 7.51. The number of carbonyl (C=O) groups is 2. The van der Waals surface area contributed by atoms with Gasteiger partial charge in [0, 0.05) is 15.7 Å². The Morgan fingerprint density at radius 1 is 1.08 bits per heavy atom. The van der Waals surface area contributed by atoms with Crippen molar-refractivity contribution in [2.75, 3.05) is 5.32 Å². The lowest BCUT2D eigenvalue weighted by atomic mass is 10.1. The van der Waals surface area contributed by atoms with Gasteiger partial charge in [-0.3, -0.25) is 4.79 Å². The largest absolute Gasteiger partial charge is 0.425 e. The smallest absolute Gasteiger partial charge is 0.328 e. The molecule has 0 radical (unpaired) electrons. The molecule has 0 aliphatic carbocycles. The van der Waals surface area contributed by atoms with E-state index in [-0.39, 0.29) is 23.7 Å². The molecule has 2 aromatic carbocycles. The highest BCUT2D eigenvalue weighted by Crippen LogP contribution is 2.25. The summed E-state index contributed by atoms with van der Waals surface area (Å²) in [6.07, 6.45) is 0. The summed E-state index contributed by atoms with van der Waals surface area (Å²) in [7, 11) is 0. The monoisotopic (exact) mass is 388 g/mol. The van der Waals surface area contributed by atoms with Gasteiger partial charge in [0.1, 0.15) is 11.8 Å². The number of halogens is 3. The van der Waals surface area contributed by atoms with Crippen LogP contribution in [0, 0.1) is 0 Å². The number of hydrogen-bond donors (Lipinski definition) is 2. The molecule has 128 valence electrons. The highest BCUT2D eigenvalue weighted by atomic mass is 35.5. The van der Waals surface area contributed by atoms with E-state index in [0.717, 1.165) is 0 Å². The molecular formula is C16H15Cl3N2O3. The number of nitrogens with one attached hydrogen (secondary N) is 1. The molecule has 3 N–H and O–H groups in total. The molecule has 0 heterocycles. The summed E-state index contributed by atoms with van der Waals surface area (Å²) in [5, 5.41) is 3.57. The average molecular weight is 390 g/mol. The summed E-state index contributed by atoms with van der Waals surface area (Å²) in [4.78, 5) is 24.0. The Hall–Kier alpha value is -1.79. The van der Waals surface area contributed by atoms with Crippen molar-refractivity contribution in [3.63, 3.8) is 0 Å². The summed E-state index contributed by atoms with van der Waals surface area (Å²) in [6, 6.07) is 10.2. The molecule has 0 spiro atoms. The van der Waals surface area contributed by atoms with Gasteiger partial charge in [-0.1, -0.05) is 23.2 Å². The van der Waals surface area contributed by atoms with Gasteiger partial charge < -0.3 is 15.8 Å². The van der Waals surface area contributed by atoms with Crippen LogP contribution in [0.2, 0.25) is 10.0 Å². The van der Waals surface area contributed by atoms with Crippen LogP contribution in [0.3, 0.4) is 0 Å². The number of anilines is 1. The van der Waals surface area contributed by atoms with Crippen LogP contribution in [0.1, 0.15) is 17.3 Å². The maximum atomic E-state index is 12.4. The van der Waals surface area contributed by atoms with E-state index in [9.17, 15) is 9.59 Å². The first-order valence-electron chi connectivity index (χ1n) is 6.70. The predicted molar refractivity (Wildman–Crippen MR) is 97.4 cm³/mol. The Labute approximate surface area is 155 Å². The first kappa shape index (κ1) is 20.3. The minimum atomic E-state index is -0.808. The number of amides is 1. The molecule has 5 nitrogen and oxygen atoms in total. The molecule has 0 aliphatic heterocycles. The van der Waals surface area contributed by atoms with E-state index in [0.29, 0.717) is 15.7 Å². The van der Waals surface area contributed by atoms with Gasteiger partial charge in [0.2, 0.25) is 0 Å². The Morgan fingerprint density at radius 2 is 1.67 bits per heavy atom. The van der Waals surface area contributed by atoms with Crippen LogP contribution in [0.15, 0.2) is 42.5 Å². The lowest BCUT2D eigenvalue weighted by molar-refractivity contribution is -0.135. The summed E-state index contributed by atoms with van der Waals surface area (Å²) in [5.74, 6) is -1.03. The molecule has 1 atom stereocenters. The second-order valence-corrected chi connectivity index (χ2v) is 5.68. The maximum Gasteiger partial charge on any atom is 0.328 e. The minimum Gasteiger partial charge on any atom is -0.425 e. The number of carbonyl (C=O) groups excluding carboxylic acids is 2. The fourth-order valence-corrected chi connectivity index (χ4v) is 2.00. The van der Waals surface area contributed by atoms with Crippen LogP contribution in [0.25, 0.3) is 0 Å². The lowest BCUT2D eigenvalue weighted by Gasteiger charge is -2.12. The minimum absolute atomic E-state index is 0. The van der Waals surface area contributed by atoms with Crippen molar-refractivity contribution in [2.45, 2.75) is 13.0 Å². The van der Waals surface area contributed by atoms with E-state index in [1.807, 2.05) is 0 Å². The molecule has 0 saturated heterocycles. The van der Waals surface area contributed by atoms with Crippen molar-refractivity contribution < 1.29 is 14.3 Å². The van der Waals surface area contributed by atoms with Gasteiger partial charge >= 0.3 is 5.97 Å². The fraction of sp³-hybridized carbons (Fsp3) is 0.125. The highest BCUT2D eigenvalue weighted by Gasteiger charge is 2.18. The zero-order chi connectivity index (χ0) is 17.0. The molecule has 0 aliphatic rings. The van der Waals surface area contributed by atoms with E-state index < -0.39 is 17.9 Å². The Bertz CT molecular complexity index is 734. The van der Waals surface area contributed by atoms with Crippen molar-refractivity contribution in [1.82, 2.24) is 0 Å². The van der Waals surface area contributed by atoms with Gasteiger partial charge in [-0.2, -0.15) is 0 Å². The zero-order valence-electron chi connectivity index (χ0n) is 12.6.